The highest BCUT2D eigenvalue weighted by atomic mass is 16.5. The van der Waals surface area contributed by atoms with Crippen molar-refractivity contribution in [2.24, 2.45) is 0 Å². The van der Waals surface area contributed by atoms with Gasteiger partial charge < -0.3 is 20.1 Å². The molecule has 0 saturated carbocycles. The standard InChI is InChI=1S/C17H26N4O3/c1-12-9-20-13(10-19-12)15(22)21-6-4-17(5-7-21)8-14(18-3)16(2,23)11-24-17/h9-10,14,18,23H,4-8,11H2,1-3H3/t14-,16-/m0/s1. The van der Waals surface area contributed by atoms with Gasteiger partial charge in [0.2, 0.25) is 0 Å². The summed E-state index contributed by atoms with van der Waals surface area (Å²) in [6.45, 7) is 5.23. The molecule has 7 heteroatoms. The minimum atomic E-state index is -0.857. The van der Waals surface area contributed by atoms with Crippen LogP contribution in [0.15, 0.2) is 12.4 Å². The summed E-state index contributed by atoms with van der Waals surface area (Å²) in [5.74, 6) is -0.0784. The van der Waals surface area contributed by atoms with Crippen LogP contribution in [0.25, 0.3) is 0 Å². The van der Waals surface area contributed by atoms with E-state index in [1.54, 1.807) is 13.1 Å². The van der Waals surface area contributed by atoms with Crippen LogP contribution in [0.3, 0.4) is 0 Å². The second kappa shape index (κ2) is 6.38. The second-order valence-corrected chi connectivity index (χ2v) is 7.21. The van der Waals surface area contributed by atoms with Crippen LogP contribution in [0.1, 0.15) is 42.4 Å². The molecule has 2 N–H and O–H groups in total. The van der Waals surface area contributed by atoms with E-state index in [0.717, 1.165) is 25.0 Å². The number of likely N-dealkylation sites (tertiary alicyclic amines) is 1. The molecule has 3 heterocycles. The largest absolute Gasteiger partial charge is 0.386 e. The average Bonchev–Trinajstić information content (AvgIpc) is 2.58. The fourth-order valence-electron chi connectivity index (χ4n) is 3.59. The summed E-state index contributed by atoms with van der Waals surface area (Å²) >= 11 is 0. The van der Waals surface area contributed by atoms with Crippen molar-refractivity contribution >= 4 is 5.91 Å². The molecule has 1 amide bonds. The first-order valence-electron chi connectivity index (χ1n) is 8.47. The molecule has 2 aliphatic rings. The Morgan fingerprint density at radius 3 is 2.67 bits per heavy atom. The van der Waals surface area contributed by atoms with E-state index < -0.39 is 5.60 Å². The van der Waals surface area contributed by atoms with E-state index >= 15 is 0 Å². The average molecular weight is 334 g/mol. The van der Waals surface area contributed by atoms with Crippen LogP contribution in [0.5, 0.6) is 0 Å². The minimum Gasteiger partial charge on any atom is -0.386 e. The molecule has 0 bridgehead atoms. The lowest BCUT2D eigenvalue weighted by Gasteiger charge is -2.50. The van der Waals surface area contributed by atoms with Crippen molar-refractivity contribution in [1.29, 1.82) is 0 Å². The number of aryl methyl sites for hydroxylation is 1. The molecule has 3 rings (SSSR count). The Morgan fingerprint density at radius 2 is 2.08 bits per heavy atom. The number of nitrogens with zero attached hydrogens (tertiary/aromatic N) is 3. The summed E-state index contributed by atoms with van der Waals surface area (Å²) in [6, 6.07) is -0.00327. The first-order chi connectivity index (χ1) is 11.4. The molecule has 0 aliphatic carbocycles. The van der Waals surface area contributed by atoms with E-state index in [4.69, 9.17) is 4.74 Å². The molecule has 0 aromatic carbocycles. The number of piperidine rings is 1. The molecular formula is C17H26N4O3. The maximum absolute atomic E-state index is 12.5. The summed E-state index contributed by atoms with van der Waals surface area (Å²) in [6.07, 6.45) is 5.44. The highest BCUT2D eigenvalue weighted by Gasteiger charge is 2.48. The number of likely N-dealkylation sites (N-methyl/N-ethyl adjacent to an activating group) is 1. The molecule has 24 heavy (non-hydrogen) atoms. The fourth-order valence-corrected chi connectivity index (χ4v) is 3.59. The molecule has 0 unspecified atom stereocenters. The van der Waals surface area contributed by atoms with Gasteiger partial charge in [0.1, 0.15) is 11.3 Å². The van der Waals surface area contributed by atoms with E-state index in [0.29, 0.717) is 25.4 Å². The van der Waals surface area contributed by atoms with Crippen molar-refractivity contribution in [2.75, 3.05) is 26.7 Å². The number of carbonyl (C=O) groups is 1. The van der Waals surface area contributed by atoms with Crippen LogP contribution < -0.4 is 5.32 Å². The summed E-state index contributed by atoms with van der Waals surface area (Å²) in [7, 11) is 1.87. The molecule has 2 saturated heterocycles. The van der Waals surface area contributed by atoms with Crippen LogP contribution in [-0.4, -0.2) is 69.9 Å². The zero-order valence-corrected chi connectivity index (χ0v) is 14.6. The van der Waals surface area contributed by atoms with Gasteiger partial charge in [0.15, 0.2) is 0 Å². The summed E-state index contributed by atoms with van der Waals surface area (Å²) in [4.78, 5) is 22.7. The first kappa shape index (κ1) is 17.3. The third-order valence-electron chi connectivity index (χ3n) is 5.31. The fraction of sp³-hybridized carbons (Fsp3) is 0.706. The van der Waals surface area contributed by atoms with Gasteiger partial charge >= 0.3 is 0 Å². The lowest BCUT2D eigenvalue weighted by molar-refractivity contribution is -0.189. The molecule has 132 valence electrons. The Morgan fingerprint density at radius 1 is 1.38 bits per heavy atom. The number of amides is 1. The predicted octanol–water partition coefficient (Wildman–Crippen LogP) is 0.519. The number of hydrogen-bond acceptors (Lipinski definition) is 6. The van der Waals surface area contributed by atoms with E-state index in [9.17, 15) is 9.90 Å². The van der Waals surface area contributed by atoms with Gasteiger partial charge in [-0.2, -0.15) is 0 Å². The van der Waals surface area contributed by atoms with E-state index in [1.165, 1.54) is 6.20 Å². The van der Waals surface area contributed by atoms with Gasteiger partial charge in [0.25, 0.3) is 5.91 Å². The van der Waals surface area contributed by atoms with Gasteiger partial charge in [-0.25, -0.2) is 4.98 Å². The van der Waals surface area contributed by atoms with Crippen LogP contribution in [0.4, 0.5) is 0 Å². The molecule has 7 nitrogen and oxygen atoms in total. The van der Waals surface area contributed by atoms with Gasteiger partial charge in [0, 0.05) is 25.3 Å². The third kappa shape index (κ3) is 3.29. The normalized spacial score (nSPS) is 29.7. The second-order valence-electron chi connectivity index (χ2n) is 7.21. The van der Waals surface area contributed by atoms with Crippen LogP contribution >= 0.6 is 0 Å². The SMILES string of the molecule is CN[C@H]1CC2(CCN(C(=O)c3cnc(C)cn3)CC2)OC[C@]1(C)O. The Balaban J connectivity index is 1.63. The van der Waals surface area contributed by atoms with Gasteiger partial charge in [-0.15, -0.1) is 0 Å². The molecule has 2 aliphatic heterocycles. The number of hydrogen-bond donors (Lipinski definition) is 2. The van der Waals surface area contributed by atoms with E-state index in [1.807, 2.05) is 18.9 Å². The summed E-state index contributed by atoms with van der Waals surface area (Å²) in [5, 5.41) is 13.6. The zero-order chi connectivity index (χ0) is 17.4. The maximum Gasteiger partial charge on any atom is 0.274 e. The van der Waals surface area contributed by atoms with Crippen LogP contribution in [0, 0.1) is 6.92 Å². The molecule has 2 atom stereocenters. The van der Waals surface area contributed by atoms with Crippen molar-refractivity contribution in [3.8, 4) is 0 Å². The molecule has 1 aromatic heterocycles. The number of carbonyl (C=O) groups excluding carboxylic acids is 1. The Labute approximate surface area is 142 Å². The van der Waals surface area contributed by atoms with E-state index in [-0.39, 0.29) is 17.6 Å². The molecule has 0 radical (unpaired) electrons. The van der Waals surface area contributed by atoms with Crippen LogP contribution in [-0.2, 0) is 4.74 Å². The summed E-state index contributed by atoms with van der Waals surface area (Å²) in [5.41, 5.74) is 0.0675. The Kier molecular flexibility index (Phi) is 4.59. The quantitative estimate of drug-likeness (QED) is 0.820. The smallest absolute Gasteiger partial charge is 0.274 e. The van der Waals surface area contributed by atoms with Crippen molar-refractivity contribution in [3.63, 3.8) is 0 Å². The number of aliphatic hydroxyl groups is 1. The van der Waals surface area contributed by atoms with Crippen molar-refractivity contribution < 1.29 is 14.6 Å². The van der Waals surface area contributed by atoms with Crippen LogP contribution in [0.2, 0.25) is 0 Å². The van der Waals surface area contributed by atoms with E-state index in [2.05, 4.69) is 15.3 Å². The van der Waals surface area contributed by atoms with Gasteiger partial charge in [-0.05, 0) is 40.2 Å². The van der Waals surface area contributed by atoms with Gasteiger partial charge in [0.05, 0.1) is 24.1 Å². The third-order valence-corrected chi connectivity index (χ3v) is 5.31. The van der Waals surface area contributed by atoms with Gasteiger partial charge in [-0.3, -0.25) is 9.78 Å². The summed E-state index contributed by atoms with van der Waals surface area (Å²) < 4.78 is 6.05. The molecule has 2 fully saturated rings. The minimum absolute atomic E-state index is 0.00327. The number of nitrogens with one attached hydrogen (secondary N) is 1. The predicted molar refractivity (Wildman–Crippen MR) is 88.7 cm³/mol. The number of rotatable bonds is 2. The number of aromatic nitrogens is 2. The Bertz CT molecular complexity index is 594. The highest BCUT2D eigenvalue weighted by molar-refractivity contribution is 5.92. The first-order valence-corrected chi connectivity index (χ1v) is 8.47. The monoisotopic (exact) mass is 334 g/mol. The Hall–Kier alpha value is -1.57. The molecule has 1 spiro atoms. The zero-order valence-electron chi connectivity index (χ0n) is 14.6. The molecular weight excluding hydrogens is 308 g/mol. The van der Waals surface area contributed by atoms with Gasteiger partial charge in [-0.1, -0.05) is 0 Å². The topological polar surface area (TPSA) is 87.6 Å². The highest BCUT2D eigenvalue weighted by Crippen LogP contribution is 2.38. The van der Waals surface area contributed by atoms with Crippen molar-refractivity contribution in [3.05, 3.63) is 23.8 Å². The maximum atomic E-state index is 12.5. The number of ether oxygens (including phenoxy) is 1. The van der Waals surface area contributed by atoms with Crippen molar-refractivity contribution in [1.82, 2.24) is 20.2 Å². The molecule has 1 aromatic rings. The van der Waals surface area contributed by atoms with Crippen molar-refractivity contribution in [2.45, 2.75) is 50.4 Å². The lowest BCUT2D eigenvalue weighted by Crippen LogP contribution is -2.62. The lowest BCUT2D eigenvalue weighted by atomic mass is 9.77.